The van der Waals surface area contributed by atoms with Crippen molar-refractivity contribution < 1.29 is 0 Å². The molecule has 3 rings (SSSR count). The zero-order valence-corrected chi connectivity index (χ0v) is 13.1. The average molecular weight is 310 g/mol. The predicted octanol–water partition coefficient (Wildman–Crippen LogP) is 2.81. The number of terminal acetylenes is 1. The highest BCUT2D eigenvalue weighted by Gasteiger charge is 2.11. The van der Waals surface area contributed by atoms with Crippen LogP contribution in [0.2, 0.25) is 0 Å². The van der Waals surface area contributed by atoms with Crippen LogP contribution in [0.5, 0.6) is 0 Å². The van der Waals surface area contributed by atoms with Crippen molar-refractivity contribution in [3.8, 4) is 35.4 Å². The first-order valence-corrected chi connectivity index (χ1v) is 7.31. The molecule has 0 bridgehead atoms. The van der Waals surface area contributed by atoms with Crippen LogP contribution in [0.1, 0.15) is 22.5 Å². The molecule has 0 unspecified atom stereocenters. The summed E-state index contributed by atoms with van der Waals surface area (Å²) in [6, 6.07) is 13.1. The molecule has 0 atom stereocenters. The Balaban J connectivity index is 2.16. The number of nitrogen functional groups attached to an aromatic ring is 1. The molecule has 2 heterocycles. The Bertz CT molecular complexity index is 990. The van der Waals surface area contributed by atoms with Gasteiger partial charge in [0.15, 0.2) is 0 Å². The number of nitrogens with two attached hydrogens (primary N) is 1. The van der Waals surface area contributed by atoms with Crippen molar-refractivity contribution >= 4 is 5.95 Å². The number of anilines is 1. The molecule has 4 heteroatoms. The number of pyridine rings is 1. The Kier molecular flexibility index (Phi) is 4.23. The minimum absolute atomic E-state index is 0.206. The topological polar surface area (TPSA) is 64.7 Å². The first-order chi connectivity index (χ1) is 11.7. The lowest BCUT2D eigenvalue weighted by molar-refractivity contribution is 1.11. The zero-order valence-electron chi connectivity index (χ0n) is 13.1. The largest absolute Gasteiger partial charge is 0.368 e. The zero-order chi connectivity index (χ0) is 16.9. The summed E-state index contributed by atoms with van der Waals surface area (Å²) in [5.74, 6) is 8.98. The van der Waals surface area contributed by atoms with Gasteiger partial charge < -0.3 is 5.73 Å². The van der Waals surface area contributed by atoms with E-state index in [0.29, 0.717) is 22.6 Å². The van der Waals surface area contributed by atoms with Crippen LogP contribution in [0.3, 0.4) is 0 Å². The summed E-state index contributed by atoms with van der Waals surface area (Å²) in [7, 11) is 0. The standard InChI is InChI=1S/C20H14N4/c1-3-15-7-6-8-16(13-15)19-18(14(2)23-20(21)24-19)11-10-17-9-4-5-12-22-17/h1,4-9,12-13H,2H3,(H2,21,23,24). The van der Waals surface area contributed by atoms with Gasteiger partial charge in [-0.05, 0) is 37.1 Å². The van der Waals surface area contributed by atoms with Gasteiger partial charge in [-0.25, -0.2) is 15.0 Å². The Labute approximate surface area is 140 Å². The van der Waals surface area contributed by atoms with E-state index in [0.717, 1.165) is 11.1 Å². The second-order valence-corrected chi connectivity index (χ2v) is 5.08. The lowest BCUT2D eigenvalue weighted by atomic mass is 10.0. The Hall–Kier alpha value is -3.63. The molecule has 0 aliphatic rings. The highest BCUT2D eigenvalue weighted by molar-refractivity contribution is 5.71. The minimum atomic E-state index is 0.206. The van der Waals surface area contributed by atoms with Crippen LogP contribution in [-0.4, -0.2) is 15.0 Å². The van der Waals surface area contributed by atoms with Crippen LogP contribution in [0.25, 0.3) is 11.3 Å². The van der Waals surface area contributed by atoms with Gasteiger partial charge in [0.1, 0.15) is 5.69 Å². The van der Waals surface area contributed by atoms with Gasteiger partial charge >= 0.3 is 0 Å². The number of hydrogen-bond acceptors (Lipinski definition) is 4. The molecule has 0 radical (unpaired) electrons. The highest BCUT2D eigenvalue weighted by atomic mass is 15.0. The van der Waals surface area contributed by atoms with Gasteiger partial charge in [-0.1, -0.05) is 30.0 Å². The van der Waals surface area contributed by atoms with Gasteiger partial charge in [-0.3, -0.25) is 0 Å². The molecule has 2 N–H and O–H groups in total. The molecule has 3 aromatic rings. The fraction of sp³-hybridized carbons (Fsp3) is 0.0500. The summed E-state index contributed by atoms with van der Waals surface area (Å²) in [4.78, 5) is 12.8. The van der Waals surface area contributed by atoms with E-state index in [1.165, 1.54) is 0 Å². The third kappa shape index (κ3) is 3.24. The number of aryl methyl sites for hydroxylation is 1. The molecule has 1 aromatic carbocycles. The van der Waals surface area contributed by atoms with E-state index in [1.54, 1.807) is 6.20 Å². The maximum atomic E-state index is 5.82. The van der Waals surface area contributed by atoms with Gasteiger partial charge in [0.05, 0.1) is 17.0 Å². The van der Waals surface area contributed by atoms with Gasteiger partial charge in [0, 0.05) is 17.3 Å². The summed E-state index contributed by atoms with van der Waals surface area (Å²) < 4.78 is 0. The van der Waals surface area contributed by atoms with Crippen LogP contribution < -0.4 is 5.73 Å². The van der Waals surface area contributed by atoms with Gasteiger partial charge in [0.25, 0.3) is 0 Å². The van der Waals surface area contributed by atoms with Crippen LogP contribution in [-0.2, 0) is 0 Å². The molecule has 0 spiro atoms. The molecule has 24 heavy (non-hydrogen) atoms. The molecule has 0 saturated carbocycles. The van der Waals surface area contributed by atoms with Crippen molar-refractivity contribution in [2.24, 2.45) is 0 Å². The third-order valence-electron chi connectivity index (χ3n) is 3.39. The Morgan fingerprint density at radius 3 is 2.67 bits per heavy atom. The van der Waals surface area contributed by atoms with Crippen LogP contribution >= 0.6 is 0 Å². The SMILES string of the molecule is C#Cc1cccc(-c2nc(N)nc(C)c2C#Cc2ccccn2)c1. The summed E-state index contributed by atoms with van der Waals surface area (Å²) >= 11 is 0. The molecular formula is C20H14N4. The van der Waals surface area contributed by atoms with E-state index in [1.807, 2.05) is 49.4 Å². The average Bonchev–Trinajstić information content (AvgIpc) is 2.61. The lowest BCUT2D eigenvalue weighted by Gasteiger charge is -2.08. The molecule has 0 saturated heterocycles. The molecule has 114 valence electrons. The summed E-state index contributed by atoms with van der Waals surface area (Å²) in [5, 5.41) is 0. The molecule has 0 fully saturated rings. The normalized spacial score (nSPS) is 9.67. The monoisotopic (exact) mass is 310 g/mol. The van der Waals surface area contributed by atoms with Crippen molar-refractivity contribution in [3.63, 3.8) is 0 Å². The number of rotatable bonds is 1. The molecule has 0 aliphatic carbocycles. The maximum absolute atomic E-state index is 5.82. The summed E-state index contributed by atoms with van der Waals surface area (Å²) in [5.41, 5.74) is 10.2. The fourth-order valence-electron chi connectivity index (χ4n) is 2.27. The second-order valence-electron chi connectivity index (χ2n) is 5.08. The number of benzene rings is 1. The van der Waals surface area contributed by atoms with Crippen molar-refractivity contribution in [2.45, 2.75) is 6.92 Å². The van der Waals surface area contributed by atoms with Crippen LogP contribution in [0, 0.1) is 31.1 Å². The highest BCUT2D eigenvalue weighted by Crippen LogP contribution is 2.24. The first kappa shape index (κ1) is 15.3. The van der Waals surface area contributed by atoms with Gasteiger partial charge in [-0.15, -0.1) is 6.42 Å². The molecule has 2 aromatic heterocycles. The molecule has 0 amide bonds. The maximum Gasteiger partial charge on any atom is 0.220 e. The summed E-state index contributed by atoms with van der Waals surface area (Å²) in [6.07, 6.45) is 7.19. The van der Waals surface area contributed by atoms with Crippen molar-refractivity contribution in [1.82, 2.24) is 15.0 Å². The van der Waals surface area contributed by atoms with E-state index >= 15 is 0 Å². The Morgan fingerprint density at radius 1 is 1.04 bits per heavy atom. The van der Waals surface area contributed by atoms with Gasteiger partial charge in [-0.2, -0.15) is 0 Å². The summed E-state index contributed by atoms with van der Waals surface area (Å²) in [6.45, 7) is 1.86. The van der Waals surface area contributed by atoms with Crippen molar-refractivity contribution in [3.05, 3.63) is 71.2 Å². The quantitative estimate of drug-likeness (QED) is 0.702. The predicted molar refractivity (Wildman–Crippen MR) is 94.8 cm³/mol. The smallest absolute Gasteiger partial charge is 0.220 e. The van der Waals surface area contributed by atoms with Crippen LogP contribution in [0.15, 0.2) is 48.7 Å². The third-order valence-corrected chi connectivity index (χ3v) is 3.39. The van der Waals surface area contributed by atoms with E-state index < -0.39 is 0 Å². The molecule has 0 aliphatic heterocycles. The molecular weight excluding hydrogens is 296 g/mol. The fourth-order valence-corrected chi connectivity index (χ4v) is 2.27. The van der Waals surface area contributed by atoms with E-state index in [-0.39, 0.29) is 5.95 Å². The second kappa shape index (κ2) is 6.64. The van der Waals surface area contributed by atoms with Crippen molar-refractivity contribution in [1.29, 1.82) is 0 Å². The van der Waals surface area contributed by atoms with Crippen molar-refractivity contribution in [2.75, 3.05) is 5.73 Å². The lowest BCUT2D eigenvalue weighted by Crippen LogP contribution is -2.03. The number of nitrogens with zero attached hydrogens (tertiary/aromatic N) is 3. The van der Waals surface area contributed by atoms with Gasteiger partial charge in [0.2, 0.25) is 5.95 Å². The first-order valence-electron chi connectivity index (χ1n) is 7.31. The van der Waals surface area contributed by atoms with E-state index in [4.69, 9.17) is 12.2 Å². The van der Waals surface area contributed by atoms with Crippen LogP contribution in [0.4, 0.5) is 5.95 Å². The van der Waals surface area contributed by atoms with E-state index in [2.05, 4.69) is 32.7 Å². The minimum Gasteiger partial charge on any atom is -0.368 e. The molecule has 4 nitrogen and oxygen atoms in total. The number of aromatic nitrogens is 3. The van der Waals surface area contributed by atoms with E-state index in [9.17, 15) is 0 Å². The Morgan fingerprint density at radius 2 is 1.92 bits per heavy atom. The number of hydrogen-bond donors (Lipinski definition) is 1.